The standard InChI is InChI=1S/C14H16N4OS/c15-7-1-4-12-5-6-13(20-12)14(19)16-8-2-10-18-11-3-9-17-18/h3,5-6,9,11H,2,7-8,10,15H2,(H,16,19). The fourth-order valence-corrected chi connectivity index (χ4v) is 2.43. The summed E-state index contributed by atoms with van der Waals surface area (Å²) >= 11 is 1.38. The second-order valence-electron chi connectivity index (χ2n) is 4.05. The van der Waals surface area contributed by atoms with Gasteiger partial charge in [0.05, 0.1) is 16.3 Å². The van der Waals surface area contributed by atoms with Gasteiger partial charge in [-0.05, 0) is 24.6 Å². The second kappa shape index (κ2) is 7.48. The minimum atomic E-state index is -0.0590. The van der Waals surface area contributed by atoms with Crippen LogP contribution in [0.4, 0.5) is 0 Å². The predicted octanol–water partition coefficient (Wildman–Crippen LogP) is 1.07. The molecule has 0 aliphatic carbocycles. The van der Waals surface area contributed by atoms with Gasteiger partial charge in [0.2, 0.25) is 0 Å². The normalized spacial score (nSPS) is 9.85. The molecule has 20 heavy (non-hydrogen) atoms. The highest BCUT2D eigenvalue weighted by molar-refractivity contribution is 7.14. The van der Waals surface area contributed by atoms with E-state index in [0.717, 1.165) is 17.8 Å². The van der Waals surface area contributed by atoms with Crippen molar-refractivity contribution in [3.05, 3.63) is 40.3 Å². The minimum Gasteiger partial charge on any atom is -0.351 e. The molecule has 0 fully saturated rings. The van der Waals surface area contributed by atoms with Crippen LogP contribution in [0.3, 0.4) is 0 Å². The van der Waals surface area contributed by atoms with Gasteiger partial charge in [0.1, 0.15) is 0 Å². The molecule has 0 spiro atoms. The summed E-state index contributed by atoms with van der Waals surface area (Å²) in [6.45, 7) is 1.75. The van der Waals surface area contributed by atoms with Crippen molar-refractivity contribution in [1.29, 1.82) is 0 Å². The zero-order chi connectivity index (χ0) is 14.2. The predicted molar refractivity (Wildman–Crippen MR) is 79.4 cm³/mol. The molecule has 0 aliphatic heterocycles. The van der Waals surface area contributed by atoms with Gasteiger partial charge in [-0.15, -0.1) is 11.3 Å². The molecule has 0 saturated heterocycles. The Morgan fingerprint density at radius 2 is 2.40 bits per heavy atom. The van der Waals surface area contributed by atoms with Crippen LogP contribution in [0.15, 0.2) is 30.6 Å². The number of thiophene rings is 1. The number of hydrogen-bond donors (Lipinski definition) is 2. The largest absolute Gasteiger partial charge is 0.351 e. The van der Waals surface area contributed by atoms with Crippen molar-refractivity contribution in [2.24, 2.45) is 5.73 Å². The van der Waals surface area contributed by atoms with E-state index < -0.39 is 0 Å². The average Bonchev–Trinajstić information content (AvgIpc) is 3.12. The van der Waals surface area contributed by atoms with Gasteiger partial charge in [0.25, 0.3) is 5.91 Å². The molecular formula is C14H16N4OS. The Balaban J connectivity index is 1.75. The Bertz CT molecular complexity index is 607. The van der Waals surface area contributed by atoms with Gasteiger partial charge in [0.15, 0.2) is 0 Å². The SMILES string of the molecule is NCC#Cc1ccc(C(=O)NCCCn2cccn2)s1. The monoisotopic (exact) mass is 288 g/mol. The van der Waals surface area contributed by atoms with E-state index in [9.17, 15) is 4.79 Å². The Morgan fingerprint density at radius 1 is 1.50 bits per heavy atom. The summed E-state index contributed by atoms with van der Waals surface area (Å²) < 4.78 is 1.85. The fraction of sp³-hybridized carbons (Fsp3) is 0.286. The average molecular weight is 288 g/mol. The van der Waals surface area contributed by atoms with Crippen LogP contribution in [0, 0.1) is 11.8 Å². The maximum Gasteiger partial charge on any atom is 0.261 e. The quantitative estimate of drug-likeness (QED) is 0.638. The molecule has 0 saturated carbocycles. The van der Waals surface area contributed by atoms with Crippen LogP contribution in [0.5, 0.6) is 0 Å². The second-order valence-corrected chi connectivity index (χ2v) is 5.13. The van der Waals surface area contributed by atoms with Gasteiger partial charge < -0.3 is 11.1 Å². The van der Waals surface area contributed by atoms with Crippen LogP contribution in [0.25, 0.3) is 0 Å². The first kappa shape index (κ1) is 14.3. The topological polar surface area (TPSA) is 72.9 Å². The van der Waals surface area contributed by atoms with Crippen molar-refractivity contribution < 1.29 is 4.79 Å². The van der Waals surface area contributed by atoms with E-state index in [4.69, 9.17) is 5.73 Å². The molecule has 6 heteroatoms. The Kier molecular flexibility index (Phi) is 5.35. The van der Waals surface area contributed by atoms with E-state index in [1.54, 1.807) is 12.3 Å². The van der Waals surface area contributed by atoms with Crippen LogP contribution in [-0.4, -0.2) is 28.8 Å². The Morgan fingerprint density at radius 3 is 3.15 bits per heavy atom. The molecule has 2 aromatic rings. The highest BCUT2D eigenvalue weighted by Gasteiger charge is 2.07. The van der Waals surface area contributed by atoms with Gasteiger partial charge in [-0.25, -0.2) is 0 Å². The third-order valence-electron chi connectivity index (χ3n) is 2.55. The molecule has 1 amide bonds. The number of aromatic nitrogens is 2. The van der Waals surface area contributed by atoms with E-state index in [-0.39, 0.29) is 5.91 Å². The summed E-state index contributed by atoms with van der Waals surface area (Å²) in [5.74, 6) is 5.63. The van der Waals surface area contributed by atoms with Crippen molar-refractivity contribution in [3.63, 3.8) is 0 Å². The Labute approximate surface area is 121 Å². The summed E-state index contributed by atoms with van der Waals surface area (Å²) in [5, 5.41) is 6.99. The first-order valence-corrected chi connectivity index (χ1v) is 7.15. The van der Waals surface area contributed by atoms with E-state index >= 15 is 0 Å². The van der Waals surface area contributed by atoms with Gasteiger partial charge in [-0.3, -0.25) is 9.48 Å². The molecule has 0 atom stereocenters. The Hall–Kier alpha value is -2.10. The lowest BCUT2D eigenvalue weighted by atomic mass is 10.3. The van der Waals surface area contributed by atoms with Crippen LogP contribution in [0.1, 0.15) is 21.0 Å². The minimum absolute atomic E-state index is 0.0590. The summed E-state index contributed by atoms with van der Waals surface area (Å²) in [5.41, 5.74) is 5.31. The number of rotatable bonds is 5. The molecule has 104 valence electrons. The van der Waals surface area contributed by atoms with Gasteiger partial charge in [-0.1, -0.05) is 11.8 Å². The zero-order valence-electron chi connectivity index (χ0n) is 11.0. The van der Waals surface area contributed by atoms with Gasteiger partial charge in [0, 0.05) is 25.5 Å². The summed E-state index contributed by atoms with van der Waals surface area (Å²) in [4.78, 5) is 13.4. The molecular weight excluding hydrogens is 272 g/mol. The number of aryl methyl sites for hydroxylation is 1. The van der Waals surface area contributed by atoms with E-state index in [1.807, 2.05) is 23.0 Å². The third-order valence-corrected chi connectivity index (χ3v) is 3.55. The molecule has 0 radical (unpaired) electrons. The van der Waals surface area contributed by atoms with Crippen molar-refractivity contribution in [1.82, 2.24) is 15.1 Å². The van der Waals surface area contributed by atoms with Gasteiger partial charge in [-0.2, -0.15) is 5.10 Å². The number of amides is 1. The highest BCUT2D eigenvalue weighted by Crippen LogP contribution is 2.15. The molecule has 2 rings (SSSR count). The van der Waals surface area contributed by atoms with Crippen molar-refractivity contribution in [3.8, 4) is 11.8 Å². The van der Waals surface area contributed by atoms with Crippen LogP contribution in [-0.2, 0) is 6.54 Å². The first-order chi connectivity index (χ1) is 9.79. The lowest BCUT2D eigenvalue weighted by molar-refractivity contribution is 0.0956. The number of nitrogens with one attached hydrogen (secondary N) is 1. The third kappa shape index (κ3) is 4.23. The number of nitrogens with two attached hydrogens (primary N) is 1. The summed E-state index contributed by atoms with van der Waals surface area (Å²) in [6, 6.07) is 5.51. The highest BCUT2D eigenvalue weighted by atomic mass is 32.1. The smallest absolute Gasteiger partial charge is 0.261 e. The molecule has 2 aromatic heterocycles. The van der Waals surface area contributed by atoms with Crippen molar-refractivity contribution in [2.75, 3.05) is 13.1 Å². The van der Waals surface area contributed by atoms with Crippen molar-refractivity contribution >= 4 is 17.2 Å². The number of nitrogens with zero attached hydrogens (tertiary/aromatic N) is 2. The molecule has 0 aliphatic rings. The number of carbonyl (C=O) groups excluding carboxylic acids is 1. The lowest BCUT2D eigenvalue weighted by Gasteiger charge is -2.03. The maximum atomic E-state index is 11.9. The first-order valence-electron chi connectivity index (χ1n) is 6.34. The number of hydrogen-bond acceptors (Lipinski definition) is 4. The van der Waals surface area contributed by atoms with Gasteiger partial charge >= 0.3 is 0 Å². The van der Waals surface area contributed by atoms with Crippen LogP contribution in [0.2, 0.25) is 0 Å². The van der Waals surface area contributed by atoms with Crippen LogP contribution < -0.4 is 11.1 Å². The van der Waals surface area contributed by atoms with Crippen LogP contribution >= 0.6 is 11.3 Å². The molecule has 3 N–H and O–H groups in total. The van der Waals surface area contributed by atoms with E-state index in [2.05, 4.69) is 22.3 Å². The maximum absolute atomic E-state index is 11.9. The fourth-order valence-electron chi connectivity index (χ4n) is 1.63. The zero-order valence-corrected chi connectivity index (χ0v) is 11.8. The molecule has 0 bridgehead atoms. The number of carbonyl (C=O) groups is 1. The molecule has 0 unspecified atom stereocenters. The molecule has 0 aromatic carbocycles. The lowest BCUT2D eigenvalue weighted by Crippen LogP contribution is -2.24. The summed E-state index contributed by atoms with van der Waals surface area (Å²) in [6.07, 6.45) is 4.50. The summed E-state index contributed by atoms with van der Waals surface area (Å²) in [7, 11) is 0. The van der Waals surface area contributed by atoms with E-state index in [0.29, 0.717) is 18.0 Å². The molecule has 2 heterocycles. The van der Waals surface area contributed by atoms with Crippen molar-refractivity contribution in [2.45, 2.75) is 13.0 Å². The van der Waals surface area contributed by atoms with E-state index in [1.165, 1.54) is 11.3 Å². The molecule has 5 nitrogen and oxygen atoms in total.